The quantitative estimate of drug-likeness (QED) is 0.152. The number of hydrogen-bond donors (Lipinski definition) is 0. The Morgan fingerprint density at radius 2 is 0.721 bits per heavy atom. The summed E-state index contributed by atoms with van der Waals surface area (Å²) in [6.07, 6.45) is 0. The SMILES string of the molecule is c1cc(-c2cccc3ccccc23)cc(N(c2ccc(-c3ccc4c(ccc5ccccc54)c3)cc2)c2c(-c3cccc4ccccc34)c3ccccc3c3ccccc23)c1. The van der Waals surface area contributed by atoms with Crippen molar-refractivity contribution >= 4 is 81.7 Å². The molecule has 0 N–H and O–H groups in total. The van der Waals surface area contributed by atoms with Gasteiger partial charge >= 0.3 is 0 Å². The largest absolute Gasteiger partial charge is 0.309 e. The number of benzene rings is 12. The molecule has 12 aromatic rings. The lowest BCUT2D eigenvalue weighted by molar-refractivity contribution is 1.30. The molecule has 0 aliphatic carbocycles. The molecule has 0 aliphatic heterocycles. The molecule has 0 fully saturated rings. The number of anilines is 3. The first-order chi connectivity index (χ1) is 30.3. The van der Waals surface area contributed by atoms with Gasteiger partial charge in [-0.05, 0) is 117 Å². The molecule has 0 unspecified atom stereocenters. The third-order valence-corrected chi connectivity index (χ3v) is 12.6. The van der Waals surface area contributed by atoms with Gasteiger partial charge in [-0.15, -0.1) is 0 Å². The molecule has 0 bridgehead atoms. The lowest BCUT2D eigenvalue weighted by Gasteiger charge is -2.31. The van der Waals surface area contributed by atoms with E-state index in [2.05, 4.69) is 241 Å². The van der Waals surface area contributed by atoms with Crippen molar-refractivity contribution in [2.24, 2.45) is 0 Å². The van der Waals surface area contributed by atoms with Gasteiger partial charge in [-0.2, -0.15) is 0 Å². The van der Waals surface area contributed by atoms with Crippen molar-refractivity contribution in [3.63, 3.8) is 0 Å². The van der Waals surface area contributed by atoms with Crippen LogP contribution >= 0.6 is 0 Å². The van der Waals surface area contributed by atoms with E-state index in [0.717, 1.165) is 17.1 Å². The van der Waals surface area contributed by atoms with E-state index in [9.17, 15) is 0 Å². The van der Waals surface area contributed by atoms with E-state index in [0.29, 0.717) is 0 Å². The van der Waals surface area contributed by atoms with Crippen LogP contribution in [0.3, 0.4) is 0 Å². The molecule has 0 heterocycles. The van der Waals surface area contributed by atoms with Gasteiger partial charge in [0.2, 0.25) is 0 Å². The van der Waals surface area contributed by atoms with Gasteiger partial charge in [-0.3, -0.25) is 0 Å². The Labute approximate surface area is 355 Å². The summed E-state index contributed by atoms with van der Waals surface area (Å²) < 4.78 is 0. The number of hydrogen-bond acceptors (Lipinski definition) is 1. The zero-order chi connectivity index (χ0) is 40.3. The first-order valence-electron chi connectivity index (χ1n) is 21.1. The van der Waals surface area contributed by atoms with Gasteiger partial charge in [0.15, 0.2) is 0 Å². The summed E-state index contributed by atoms with van der Waals surface area (Å²) in [4.78, 5) is 2.51. The molecule has 0 saturated carbocycles. The van der Waals surface area contributed by atoms with Crippen LogP contribution in [-0.4, -0.2) is 0 Å². The topological polar surface area (TPSA) is 3.24 Å². The first-order valence-corrected chi connectivity index (χ1v) is 21.1. The molecule has 0 atom stereocenters. The second-order valence-electron chi connectivity index (χ2n) is 16.0. The molecule has 284 valence electrons. The summed E-state index contributed by atoms with van der Waals surface area (Å²) in [5.41, 5.74) is 10.6. The van der Waals surface area contributed by atoms with Crippen LogP contribution in [0.25, 0.3) is 98.0 Å². The standard InChI is InChI=1S/C60H39N/c1-4-21-49-41(14-1)17-12-28-52(49)45-19-11-20-48(39-45)61(47-35-32-40(33-36-47)44-34-37-53-46(38-44)31-30-43-16-3-5-22-50(43)53)60-58-27-10-8-25-55(58)54-24-7-9-26-57(54)59(60)56-29-13-18-42-15-2-6-23-51(42)56/h1-39H. The minimum Gasteiger partial charge on any atom is -0.309 e. The zero-order valence-electron chi connectivity index (χ0n) is 33.5. The van der Waals surface area contributed by atoms with Gasteiger partial charge in [-0.25, -0.2) is 0 Å². The van der Waals surface area contributed by atoms with Crippen LogP contribution < -0.4 is 4.90 Å². The summed E-state index contributed by atoms with van der Waals surface area (Å²) in [6.45, 7) is 0. The molecule has 1 heteroatoms. The Hall–Kier alpha value is -8.00. The molecule has 61 heavy (non-hydrogen) atoms. The third kappa shape index (κ3) is 5.86. The Kier molecular flexibility index (Phi) is 8.25. The van der Waals surface area contributed by atoms with E-state index in [-0.39, 0.29) is 0 Å². The van der Waals surface area contributed by atoms with Crippen molar-refractivity contribution < 1.29 is 0 Å². The number of rotatable bonds is 6. The molecule has 0 spiro atoms. The molecule has 0 amide bonds. The summed E-state index contributed by atoms with van der Waals surface area (Å²) in [5, 5.41) is 14.9. The van der Waals surface area contributed by atoms with Crippen LogP contribution in [0, 0.1) is 0 Å². The van der Waals surface area contributed by atoms with Crippen molar-refractivity contribution in [2.75, 3.05) is 4.90 Å². The third-order valence-electron chi connectivity index (χ3n) is 12.6. The number of nitrogens with zero attached hydrogens (tertiary/aromatic N) is 1. The average Bonchev–Trinajstić information content (AvgIpc) is 3.34. The lowest BCUT2D eigenvalue weighted by Crippen LogP contribution is -2.12. The molecule has 1 nitrogen and oxygen atoms in total. The van der Waals surface area contributed by atoms with E-state index in [1.165, 1.54) is 98.0 Å². The smallest absolute Gasteiger partial charge is 0.0625 e. The van der Waals surface area contributed by atoms with Crippen molar-refractivity contribution in [1.29, 1.82) is 0 Å². The van der Waals surface area contributed by atoms with E-state index in [1.807, 2.05) is 0 Å². The minimum atomic E-state index is 1.09. The fraction of sp³-hybridized carbons (Fsp3) is 0. The summed E-state index contributed by atoms with van der Waals surface area (Å²) in [6, 6.07) is 87.0. The van der Waals surface area contributed by atoms with E-state index >= 15 is 0 Å². The average molecular weight is 774 g/mol. The van der Waals surface area contributed by atoms with Crippen LogP contribution in [0.5, 0.6) is 0 Å². The predicted octanol–water partition coefficient (Wildman–Crippen LogP) is 17.1. The van der Waals surface area contributed by atoms with Crippen molar-refractivity contribution in [2.45, 2.75) is 0 Å². The Morgan fingerprint density at radius 1 is 0.230 bits per heavy atom. The molecule has 0 saturated heterocycles. The first kappa shape index (κ1) is 35.0. The second-order valence-corrected chi connectivity index (χ2v) is 16.0. The molecular weight excluding hydrogens is 735 g/mol. The molecule has 0 aromatic heterocycles. The monoisotopic (exact) mass is 773 g/mol. The Bertz CT molecular complexity index is 3640. The normalized spacial score (nSPS) is 11.6. The summed E-state index contributed by atoms with van der Waals surface area (Å²) >= 11 is 0. The highest BCUT2D eigenvalue weighted by Gasteiger charge is 2.25. The van der Waals surface area contributed by atoms with Gasteiger partial charge in [0.25, 0.3) is 0 Å². The highest BCUT2D eigenvalue weighted by molar-refractivity contribution is 6.24. The molecule has 0 aliphatic rings. The van der Waals surface area contributed by atoms with Gasteiger partial charge in [0.1, 0.15) is 0 Å². The highest BCUT2D eigenvalue weighted by atomic mass is 15.1. The molecule has 0 radical (unpaired) electrons. The Balaban J connectivity index is 1.12. The molecule has 12 aromatic carbocycles. The molecule has 12 rings (SSSR count). The van der Waals surface area contributed by atoms with Gasteiger partial charge < -0.3 is 4.90 Å². The zero-order valence-corrected chi connectivity index (χ0v) is 33.5. The summed E-state index contributed by atoms with van der Waals surface area (Å²) in [7, 11) is 0. The van der Waals surface area contributed by atoms with Crippen molar-refractivity contribution in [3.05, 3.63) is 237 Å². The maximum absolute atomic E-state index is 2.51. The highest BCUT2D eigenvalue weighted by Crippen LogP contribution is 2.51. The fourth-order valence-electron chi connectivity index (χ4n) is 9.76. The minimum absolute atomic E-state index is 1.09. The van der Waals surface area contributed by atoms with Gasteiger partial charge in [-0.1, -0.05) is 206 Å². The van der Waals surface area contributed by atoms with Crippen LogP contribution in [0.2, 0.25) is 0 Å². The maximum atomic E-state index is 2.51. The van der Waals surface area contributed by atoms with Crippen molar-refractivity contribution in [1.82, 2.24) is 0 Å². The van der Waals surface area contributed by atoms with Crippen LogP contribution in [0.4, 0.5) is 17.1 Å². The Morgan fingerprint density at radius 3 is 1.44 bits per heavy atom. The van der Waals surface area contributed by atoms with Crippen LogP contribution in [0.1, 0.15) is 0 Å². The predicted molar refractivity (Wildman–Crippen MR) is 262 cm³/mol. The van der Waals surface area contributed by atoms with Gasteiger partial charge in [0, 0.05) is 22.3 Å². The second kappa shape index (κ2) is 14.4. The number of fused-ring (bicyclic) bond motifs is 8. The lowest BCUT2D eigenvalue weighted by atomic mass is 9.87. The fourth-order valence-corrected chi connectivity index (χ4v) is 9.76. The van der Waals surface area contributed by atoms with E-state index in [4.69, 9.17) is 0 Å². The van der Waals surface area contributed by atoms with Crippen molar-refractivity contribution in [3.8, 4) is 33.4 Å². The maximum Gasteiger partial charge on any atom is 0.0625 e. The van der Waals surface area contributed by atoms with Crippen LogP contribution in [-0.2, 0) is 0 Å². The van der Waals surface area contributed by atoms with Crippen LogP contribution in [0.15, 0.2) is 237 Å². The van der Waals surface area contributed by atoms with E-state index < -0.39 is 0 Å². The summed E-state index contributed by atoms with van der Waals surface area (Å²) in [5.74, 6) is 0. The molecular formula is C60H39N. The van der Waals surface area contributed by atoms with Gasteiger partial charge in [0.05, 0.1) is 5.69 Å². The van der Waals surface area contributed by atoms with E-state index in [1.54, 1.807) is 0 Å².